The van der Waals surface area contributed by atoms with Crippen molar-refractivity contribution < 1.29 is 0 Å². The first-order chi connectivity index (χ1) is 10.2. The van der Waals surface area contributed by atoms with Crippen molar-refractivity contribution >= 4 is 21.4 Å². The monoisotopic (exact) mass is 400 g/mol. The molecule has 126 valence electrons. The van der Waals surface area contributed by atoms with Gasteiger partial charge in [-0.25, -0.2) is 0 Å². The van der Waals surface area contributed by atoms with Crippen molar-refractivity contribution in [1.29, 1.82) is 0 Å². The first-order valence-corrected chi connectivity index (χ1v) is 16.6. The van der Waals surface area contributed by atoms with E-state index in [-0.39, 0.29) is 0 Å². The van der Waals surface area contributed by atoms with E-state index in [1.54, 1.807) is 12.5 Å². The van der Waals surface area contributed by atoms with Gasteiger partial charge in [0.15, 0.2) is 0 Å². The topological polar surface area (TPSA) is 6.48 Å². The third kappa shape index (κ3) is 13.0. The van der Waals surface area contributed by atoms with Crippen molar-refractivity contribution in [2.75, 3.05) is 39.8 Å². The zero-order valence-corrected chi connectivity index (χ0v) is 19.0. The van der Waals surface area contributed by atoms with E-state index in [4.69, 9.17) is 0 Å². The van der Waals surface area contributed by atoms with E-state index in [1.807, 2.05) is 0 Å². The molecule has 0 fully saturated rings. The Balaban J connectivity index is 3.77. The average molecular weight is 400 g/mol. The van der Waals surface area contributed by atoms with Crippen molar-refractivity contribution in [2.45, 2.75) is 72.3 Å². The SMILES string of the molecule is CCCN(C)CC[CH2][In]([CH2]C)[CH2]CCN(CCC)CCC. The molecule has 0 saturated carbocycles. The average Bonchev–Trinajstić information content (AvgIpc) is 2.46. The Hall–Kier alpha value is 0.790. The Kier molecular flexibility index (Phi) is 16.3. The van der Waals surface area contributed by atoms with Crippen LogP contribution in [0, 0.1) is 0 Å². The minimum absolute atomic E-state index is 1.16. The summed E-state index contributed by atoms with van der Waals surface area (Å²) in [6.45, 7) is 15.9. The van der Waals surface area contributed by atoms with Crippen LogP contribution in [0.5, 0.6) is 0 Å². The second-order valence-corrected chi connectivity index (χ2v) is 17.3. The van der Waals surface area contributed by atoms with E-state index < -0.39 is 21.4 Å². The van der Waals surface area contributed by atoms with E-state index in [9.17, 15) is 0 Å². The fourth-order valence-electron chi connectivity index (χ4n) is 3.27. The molecule has 0 aliphatic heterocycles. The third-order valence-corrected chi connectivity index (χ3v) is 14.8. The van der Waals surface area contributed by atoms with Crippen molar-refractivity contribution in [3.8, 4) is 0 Å². The van der Waals surface area contributed by atoms with Crippen molar-refractivity contribution in [2.24, 2.45) is 0 Å². The normalized spacial score (nSPS) is 11.6. The molecule has 0 bridgehead atoms. The van der Waals surface area contributed by atoms with Crippen LogP contribution in [0.4, 0.5) is 0 Å². The molecule has 0 radical (unpaired) electrons. The van der Waals surface area contributed by atoms with Crippen LogP contribution in [0.1, 0.15) is 59.8 Å². The molecular weight excluding hydrogens is 359 g/mol. The van der Waals surface area contributed by atoms with Gasteiger partial charge in [-0.2, -0.15) is 0 Å². The second kappa shape index (κ2) is 15.7. The summed E-state index contributed by atoms with van der Waals surface area (Å²) in [5.41, 5.74) is 0. The van der Waals surface area contributed by atoms with Crippen LogP contribution < -0.4 is 0 Å². The van der Waals surface area contributed by atoms with Crippen LogP contribution >= 0.6 is 0 Å². The molecule has 0 aliphatic rings. The molecule has 0 aromatic heterocycles. The zero-order valence-electron chi connectivity index (χ0n) is 15.7. The van der Waals surface area contributed by atoms with Gasteiger partial charge in [-0.15, -0.1) is 0 Å². The molecule has 3 heteroatoms. The molecule has 21 heavy (non-hydrogen) atoms. The summed E-state index contributed by atoms with van der Waals surface area (Å²) in [5.74, 6) is 0. The molecule has 0 saturated heterocycles. The molecule has 0 unspecified atom stereocenters. The Labute approximate surface area is 143 Å². The molecule has 0 N–H and O–H groups in total. The van der Waals surface area contributed by atoms with Gasteiger partial charge in [0, 0.05) is 0 Å². The first kappa shape index (κ1) is 21.8. The Morgan fingerprint density at radius 2 is 1.19 bits per heavy atom. The molecule has 2 nitrogen and oxygen atoms in total. The van der Waals surface area contributed by atoms with Crippen LogP contribution in [0.25, 0.3) is 0 Å². The van der Waals surface area contributed by atoms with Crippen molar-refractivity contribution in [1.82, 2.24) is 9.80 Å². The third-order valence-electron chi connectivity index (χ3n) is 4.50. The summed E-state index contributed by atoms with van der Waals surface area (Å²) in [6.07, 6.45) is 6.87. The fraction of sp³-hybridized carbons (Fsp3) is 1.00. The van der Waals surface area contributed by atoms with Gasteiger partial charge >= 0.3 is 143 Å². The maximum atomic E-state index is 2.69. The van der Waals surface area contributed by atoms with E-state index in [1.165, 1.54) is 64.8 Å². The molecule has 0 heterocycles. The Morgan fingerprint density at radius 3 is 1.67 bits per heavy atom. The van der Waals surface area contributed by atoms with Crippen LogP contribution in [-0.4, -0.2) is 71.0 Å². The number of rotatable bonds is 15. The van der Waals surface area contributed by atoms with Crippen LogP contribution in [0.2, 0.25) is 12.5 Å². The summed E-state index contributed by atoms with van der Waals surface area (Å²) in [6, 6.07) is 0. The Morgan fingerprint density at radius 1 is 0.667 bits per heavy atom. The molecule has 0 aliphatic carbocycles. The van der Waals surface area contributed by atoms with Crippen LogP contribution in [0.3, 0.4) is 0 Å². The Bertz CT molecular complexity index is 205. The van der Waals surface area contributed by atoms with Gasteiger partial charge in [0.25, 0.3) is 0 Å². The predicted molar refractivity (Wildman–Crippen MR) is 99.9 cm³/mol. The predicted octanol–water partition coefficient (Wildman–Crippen LogP) is 4.75. The van der Waals surface area contributed by atoms with E-state index >= 15 is 0 Å². The fourth-order valence-corrected chi connectivity index (χ4v) is 10.8. The van der Waals surface area contributed by atoms with Crippen LogP contribution in [0.15, 0.2) is 0 Å². The van der Waals surface area contributed by atoms with Gasteiger partial charge in [0.05, 0.1) is 0 Å². The van der Waals surface area contributed by atoms with E-state index in [0.717, 1.165) is 0 Å². The molecule has 0 rings (SSSR count). The van der Waals surface area contributed by atoms with Gasteiger partial charge < -0.3 is 0 Å². The van der Waals surface area contributed by atoms with Crippen LogP contribution in [-0.2, 0) is 0 Å². The second-order valence-electron chi connectivity index (χ2n) is 6.70. The van der Waals surface area contributed by atoms with Crippen molar-refractivity contribution in [3.05, 3.63) is 0 Å². The van der Waals surface area contributed by atoms with Crippen molar-refractivity contribution in [3.63, 3.8) is 0 Å². The first-order valence-electron chi connectivity index (χ1n) is 9.58. The van der Waals surface area contributed by atoms with Gasteiger partial charge in [-0.1, -0.05) is 0 Å². The van der Waals surface area contributed by atoms with E-state index in [2.05, 4.69) is 44.5 Å². The summed E-state index contributed by atoms with van der Waals surface area (Å²) in [4.78, 5) is 5.20. The van der Waals surface area contributed by atoms with Gasteiger partial charge in [0.1, 0.15) is 0 Å². The zero-order chi connectivity index (χ0) is 15.9. The molecule has 0 spiro atoms. The summed E-state index contributed by atoms with van der Waals surface area (Å²) in [5, 5.41) is 0. The maximum absolute atomic E-state index is 2.69. The number of nitrogens with zero attached hydrogens (tertiary/aromatic N) is 2. The van der Waals surface area contributed by atoms with E-state index in [0.29, 0.717) is 0 Å². The molecule has 0 aromatic carbocycles. The minimum atomic E-state index is -1.16. The molecule has 0 amide bonds. The number of hydrogen-bond acceptors (Lipinski definition) is 2. The summed E-state index contributed by atoms with van der Waals surface area (Å²) in [7, 11) is 2.29. The number of hydrogen-bond donors (Lipinski definition) is 0. The van der Waals surface area contributed by atoms with Gasteiger partial charge in [-0.05, 0) is 0 Å². The van der Waals surface area contributed by atoms with Gasteiger partial charge in [-0.3, -0.25) is 0 Å². The quantitative estimate of drug-likeness (QED) is 0.392. The summed E-state index contributed by atoms with van der Waals surface area (Å²) < 4.78 is 4.84. The summed E-state index contributed by atoms with van der Waals surface area (Å²) >= 11 is -1.16. The molecular formula is C18H41InN2. The molecule has 0 atom stereocenters. The van der Waals surface area contributed by atoms with Gasteiger partial charge in [0.2, 0.25) is 0 Å². The molecule has 0 aromatic rings. The standard InChI is InChI=1S/C9H20N.C7H16N.C2H5.In/c1-4-7-10(8-5-2)9-6-3;1-4-6-8(3)7-5-2;1-2;/h1,4-9H2,2-3H3;1,4-7H2,2-3H3;1H2,2H3;.